The van der Waals surface area contributed by atoms with Crippen LogP contribution in [0.5, 0.6) is 11.5 Å². The number of rotatable bonds is 10. The summed E-state index contributed by atoms with van der Waals surface area (Å²) in [5.74, 6) is 0.220. The largest absolute Gasteiger partial charge is 0.496 e. The Balaban J connectivity index is 1.61. The van der Waals surface area contributed by atoms with Gasteiger partial charge in [0.05, 0.1) is 34.0 Å². The molecule has 2 heterocycles. The van der Waals surface area contributed by atoms with Crippen molar-refractivity contribution in [3.8, 4) is 11.5 Å². The maximum atomic E-state index is 14.1. The summed E-state index contributed by atoms with van der Waals surface area (Å²) in [4.78, 5) is 32.9. The Morgan fingerprint density at radius 2 is 1.86 bits per heavy atom. The molecule has 11 heteroatoms. The van der Waals surface area contributed by atoms with Gasteiger partial charge in [0.15, 0.2) is 4.80 Å². The first-order chi connectivity index (χ1) is 21.2. The fraction of sp³-hybridized carbons (Fsp3) is 0.242. The van der Waals surface area contributed by atoms with Crippen LogP contribution in [0.2, 0.25) is 0 Å². The zero-order valence-electron chi connectivity index (χ0n) is 24.2. The van der Waals surface area contributed by atoms with Gasteiger partial charge in [-0.1, -0.05) is 64.9 Å². The fourth-order valence-corrected chi connectivity index (χ4v) is 6.89. The number of aromatic nitrogens is 1. The molecule has 1 atom stereocenters. The predicted molar refractivity (Wildman–Crippen MR) is 175 cm³/mol. The van der Waals surface area contributed by atoms with Crippen molar-refractivity contribution in [2.24, 2.45) is 4.99 Å². The van der Waals surface area contributed by atoms with Gasteiger partial charge in [0.2, 0.25) is 0 Å². The van der Waals surface area contributed by atoms with E-state index in [0.29, 0.717) is 54.1 Å². The average Bonchev–Trinajstić information content (AvgIpc) is 3.31. The van der Waals surface area contributed by atoms with E-state index in [9.17, 15) is 14.0 Å². The quantitative estimate of drug-likeness (QED) is 0.167. The van der Waals surface area contributed by atoms with Gasteiger partial charge < -0.3 is 14.2 Å². The number of hydrogen-bond acceptors (Lipinski definition) is 7. The summed E-state index contributed by atoms with van der Waals surface area (Å²) in [5, 5.41) is 0. The summed E-state index contributed by atoms with van der Waals surface area (Å²) < 4.78 is 34.5. The average molecular weight is 744 g/mol. The van der Waals surface area contributed by atoms with Crippen molar-refractivity contribution in [2.45, 2.75) is 39.3 Å². The number of nitrogens with zero attached hydrogens (tertiary/aromatic N) is 2. The molecule has 3 aromatic carbocycles. The molecule has 0 aliphatic carbocycles. The molecule has 4 aromatic rings. The molecule has 1 aliphatic heterocycles. The Bertz CT molecular complexity index is 1930. The smallest absolute Gasteiger partial charge is 0.338 e. The SMILES string of the molecule is CCCC1=C(C(=O)OCC)[C@H](c2cc(Br)ccc2OC)n2c(s/c(=C/c3ccc(OCc4ccccc4F)c(Br)c3)c2=O)=N1. The van der Waals surface area contributed by atoms with Crippen LogP contribution in [0, 0.1) is 5.82 Å². The van der Waals surface area contributed by atoms with E-state index in [-0.39, 0.29) is 24.6 Å². The Hall–Kier alpha value is -3.54. The summed E-state index contributed by atoms with van der Waals surface area (Å²) in [6.45, 7) is 4.02. The van der Waals surface area contributed by atoms with Crippen molar-refractivity contribution in [3.05, 3.63) is 123 Å². The van der Waals surface area contributed by atoms with Crippen LogP contribution in [0.25, 0.3) is 6.08 Å². The van der Waals surface area contributed by atoms with Crippen LogP contribution in [0.3, 0.4) is 0 Å². The highest BCUT2D eigenvalue weighted by atomic mass is 79.9. The first-order valence-corrected chi connectivity index (χ1v) is 16.4. The van der Waals surface area contributed by atoms with Gasteiger partial charge in [0.1, 0.15) is 30.0 Å². The molecular formula is C33H29Br2FN2O5S. The third kappa shape index (κ3) is 6.60. The molecule has 44 heavy (non-hydrogen) atoms. The van der Waals surface area contributed by atoms with Crippen molar-refractivity contribution in [3.63, 3.8) is 0 Å². The molecule has 5 rings (SSSR count). The van der Waals surface area contributed by atoms with Gasteiger partial charge in [-0.05, 0) is 77.3 Å². The lowest BCUT2D eigenvalue weighted by Gasteiger charge is -2.27. The number of benzene rings is 3. The molecule has 1 aromatic heterocycles. The Morgan fingerprint density at radius 1 is 1.09 bits per heavy atom. The number of methoxy groups -OCH3 is 1. The number of carbonyl (C=O) groups excluding carboxylic acids is 1. The molecule has 0 bridgehead atoms. The summed E-state index contributed by atoms with van der Waals surface area (Å²) in [6, 6.07) is 16.6. The maximum Gasteiger partial charge on any atom is 0.338 e. The number of carbonyl (C=O) groups is 1. The van der Waals surface area contributed by atoms with Crippen molar-refractivity contribution in [1.29, 1.82) is 0 Å². The third-order valence-corrected chi connectivity index (χ3v) is 9.07. The van der Waals surface area contributed by atoms with Crippen LogP contribution in [0.1, 0.15) is 49.4 Å². The highest BCUT2D eigenvalue weighted by Crippen LogP contribution is 2.38. The van der Waals surface area contributed by atoms with Gasteiger partial charge in [-0.25, -0.2) is 14.2 Å². The van der Waals surface area contributed by atoms with E-state index in [2.05, 4.69) is 31.9 Å². The lowest BCUT2D eigenvalue weighted by atomic mass is 9.93. The first kappa shape index (κ1) is 31.9. The lowest BCUT2D eigenvalue weighted by molar-refractivity contribution is -0.139. The number of ether oxygens (including phenoxy) is 3. The van der Waals surface area contributed by atoms with Crippen LogP contribution < -0.4 is 24.4 Å². The van der Waals surface area contributed by atoms with Crippen LogP contribution in [0.4, 0.5) is 4.39 Å². The van der Waals surface area contributed by atoms with E-state index in [1.165, 1.54) is 17.4 Å². The van der Waals surface area contributed by atoms with E-state index < -0.39 is 12.0 Å². The molecule has 1 aliphatic rings. The van der Waals surface area contributed by atoms with E-state index in [0.717, 1.165) is 16.5 Å². The summed E-state index contributed by atoms with van der Waals surface area (Å²) in [6.07, 6.45) is 3.06. The number of allylic oxidation sites excluding steroid dienone is 1. The monoisotopic (exact) mass is 742 g/mol. The molecule has 0 fully saturated rings. The van der Waals surface area contributed by atoms with Crippen LogP contribution in [-0.2, 0) is 16.1 Å². The Kier molecular flexibility index (Phi) is 10.2. The van der Waals surface area contributed by atoms with Gasteiger partial charge in [-0.15, -0.1) is 0 Å². The lowest BCUT2D eigenvalue weighted by Crippen LogP contribution is -2.40. The second-order valence-corrected chi connectivity index (χ2v) is 12.6. The van der Waals surface area contributed by atoms with Crippen molar-refractivity contribution in [1.82, 2.24) is 4.57 Å². The first-order valence-electron chi connectivity index (χ1n) is 14.0. The number of fused-ring (bicyclic) bond motifs is 1. The summed E-state index contributed by atoms with van der Waals surface area (Å²) >= 11 is 8.33. The maximum absolute atomic E-state index is 14.1. The van der Waals surface area contributed by atoms with Gasteiger partial charge in [0, 0.05) is 15.6 Å². The Labute approximate surface area is 274 Å². The second-order valence-electron chi connectivity index (χ2n) is 9.87. The molecule has 0 N–H and O–H groups in total. The molecule has 0 saturated heterocycles. The molecule has 0 saturated carbocycles. The highest BCUT2D eigenvalue weighted by molar-refractivity contribution is 9.10. The normalized spacial score (nSPS) is 14.7. The molecule has 0 radical (unpaired) electrons. The zero-order valence-corrected chi connectivity index (χ0v) is 28.2. The van der Waals surface area contributed by atoms with Crippen molar-refractivity contribution >= 4 is 55.2 Å². The third-order valence-electron chi connectivity index (χ3n) is 6.97. The van der Waals surface area contributed by atoms with Crippen LogP contribution in [0.15, 0.2) is 90.7 Å². The zero-order chi connectivity index (χ0) is 31.4. The minimum Gasteiger partial charge on any atom is -0.496 e. The second kappa shape index (κ2) is 14.0. The predicted octanol–water partition coefficient (Wildman–Crippen LogP) is 6.83. The number of thiazole rings is 1. The molecule has 7 nitrogen and oxygen atoms in total. The molecular weight excluding hydrogens is 715 g/mol. The van der Waals surface area contributed by atoms with Gasteiger partial charge in [-0.2, -0.15) is 0 Å². The van der Waals surface area contributed by atoms with Crippen molar-refractivity contribution in [2.75, 3.05) is 13.7 Å². The van der Waals surface area contributed by atoms with Crippen LogP contribution in [-0.4, -0.2) is 24.3 Å². The molecule has 0 spiro atoms. The number of halogens is 3. The van der Waals surface area contributed by atoms with E-state index in [4.69, 9.17) is 19.2 Å². The minimum atomic E-state index is -0.803. The topological polar surface area (TPSA) is 79.1 Å². The fourth-order valence-electron chi connectivity index (χ4n) is 4.98. The standard InChI is InChI=1S/C33H29Br2FN2O5S/c1-4-8-25-29(32(40)42-5-2)30(22-17-21(34)12-14-26(22)41-3)38-31(39)28(44-33(38)37-25)16-19-11-13-27(23(35)15-19)43-18-20-9-6-7-10-24(20)36/h6-7,9-17,30H,4-5,8,18H2,1-3H3/b28-16+/t30-/m0/s1. The molecule has 228 valence electrons. The number of hydrogen-bond donors (Lipinski definition) is 0. The highest BCUT2D eigenvalue weighted by Gasteiger charge is 2.36. The Morgan fingerprint density at radius 3 is 2.57 bits per heavy atom. The summed E-state index contributed by atoms with van der Waals surface area (Å²) in [5.41, 5.74) is 2.45. The summed E-state index contributed by atoms with van der Waals surface area (Å²) in [7, 11) is 1.55. The van der Waals surface area contributed by atoms with E-state index >= 15 is 0 Å². The van der Waals surface area contributed by atoms with Gasteiger partial charge >= 0.3 is 5.97 Å². The van der Waals surface area contributed by atoms with Crippen molar-refractivity contribution < 1.29 is 23.4 Å². The molecule has 0 unspecified atom stereocenters. The van der Waals surface area contributed by atoms with E-state index in [1.807, 2.05) is 31.2 Å². The molecule has 0 amide bonds. The van der Waals surface area contributed by atoms with Crippen LogP contribution >= 0.6 is 43.2 Å². The minimum absolute atomic E-state index is 0.0746. The van der Waals surface area contributed by atoms with E-state index in [1.54, 1.807) is 55.0 Å². The van der Waals surface area contributed by atoms with Gasteiger partial charge in [-0.3, -0.25) is 9.36 Å². The number of esters is 1. The van der Waals surface area contributed by atoms with Gasteiger partial charge in [0.25, 0.3) is 5.56 Å².